The molecular formula is C11H15NO2. The van der Waals surface area contributed by atoms with Crippen molar-refractivity contribution in [2.45, 2.75) is 32.1 Å². The fraction of sp³-hybridized carbons (Fsp3) is 0.455. The van der Waals surface area contributed by atoms with Gasteiger partial charge in [-0.3, -0.25) is 0 Å². The summed E-state index contributed by atoms with van der Waals surface area (Å²) in [7, 11) is 0. The lowest BCUT2D eigenvalue weighted by atomic mass is 10.00. The highest BCUT2D eigenvalue weighted by Gasteiger charge is 2.16. The number of anilines is 1. The van der Waals surface area contributed by atoms with E-state index in [0.29, 0.717) is 5.69 Å². The molecule has 0 saturated heterocycles. The summed E-state index contributed by atoms with van der Waals surface area (Å²) >= 11 is 0. The Balaban J connectivity index is 2.55. The molecule has 0 spiro atoms. The first-order valence-electron chi connectivity index (χ1n) is 5.02. The Morgan fingerprint density at radius 2 is 1.79 bits per heavy atom. The summed E-state index contributed by atoms with van der Waals surface area (Å²) in [5.41, 5.74) is 8.25. The maximum atomic E-state index is 9.48. The van der Waals surface area contributed by atoms with E-state index in [1.807, 2.05) is 0 Å². The number of nitrogen functional groups attached to an aromatic ring is 1. The zero-order chi connectivity index (χ0) is 10.1. The SMILES string of the molecule is Nc1c(O)c(O)cc2c1CCCCC2. The molecule has 1 aromatic carbocycles. The third kappa shape index (κ3) is 1.39. The number of rotatable bonds is 0. The van der Waals surface area contributed by atoms with Gasteiger partial charge in [0.15, 0.2) is 11.5 Å². The van der Waals surface area contributed by atoms with Crippen LogP contribution in [0.25, 0.3) is 0 Å². The summed E-state index contributed by atoms with van der Waals surface area (Å²) in [5, 5.41) is 18.9. The highest BCUT2D eigenvalue weighted by atomic mass is 16.3. The Labute approximate surface area is 83.2 Å². The van der Waals surface area contributed by atoms with Crippen LogP contribution < -0.4 is 5.73 Å². The van der Waals surface area contributed by atoms with Gasteiger partial charge in [0.25, 0.3) is 0 Å². The largest absolute Gasteiger partial charge is 0.504 e. The number of nitrogens with two attached hydrogens (primary N) is 1. The number of benzene rings is 1. The number of hydrogen-bond donors (Lipinski definition) is 3. The van der Waals surface area contributed by atoms with Crippen LogP contribution in [0, 0.1) is 0 Å². The molecule has 0 aromatic heterocycles. The van der Waals surface area contributed by atoms with Crippen molar-refractivity contribution in [1.82, 2.24) is 0 Å². The Kier molecular flexibility index (Phi) is 2.23. The molecule has 76 valence electrons. The summed E-state index contributed by atoms with van der Waals surface area (Å²) < 4.78 is 0. The van der Waals surface area contributed by atoms with Gasteiger partial charge in [0.2, 0.25) is 0 Å². The fourth-order valence-electron chi connectivity index (χ4n) is 2.09. The third-order valence-electron chi connectivity index (χ3n) is 2.89. The summed E-state index contributed by atoms with van der Waals surface area (Å²) in [5.74, 6) is -0.256. The van der Waals surface area contributed by atoms with Gasteiger partial charge in [0.1, 0.15) is 0 Å². The Morgan fingerprint density at radius 1 is 1.07 bits per heavy atom. The van der Waals surface area contributed by atoms with Crippen LogP contribution >= 0.6 is 0 Å². The lowest BCUT2D eigenvalue weighted by Gasteiger charge is -2.11. The van der Waals surface area contributed by atoms with Crippen LogP contribution in [0.5, 0.6) is 11.5 Å². The van der Waals surface area contributed by atoms with Crippen molar-refractivity contribution >= 4 is 5.69 Å². The monoisotopic (exact) mass is 193 g/mol. The predicted octanol–water partition coefficient (Wildman–Crippen LogP) is 1.95. The second-order valence-corrected chi connectivity index (χ2v) is 3.86. The Morgan fingerprint density at radius 3 is 2.57 bits per heavy atom. The predicted molar refractivity (Wildman–Crippen MR) is 55.4 cm³/mol. The summed E-state index contributed by atoms with van der Waals surface area (Å²) in [6.07, 6.45) is 5.30. The van der Waals surface area contributed by atoms with Crippen LogP contribution in [0.1, 0.15) is 30.4 Å². The first-order valence-corrected chi connectivity index (χ1v) is 5.02. The molecule has 0 aliphatic heterocycles. The average molecular weight is 193 g/mol. The van der Waals surface area contributed by atoms with E-state index in [1.165, 1.54) is 6.42 Å². The second-order valence-electron chi connectivity index (χ2n) is 3.86. The van der Waals surface area contributed by atoms with Crippen LogP contribution in [0.4, 0.5) is 5.69 Å². The highest BCUT2D eigenvalue weighted by molar-refractivity contribution is 5.66. The van der Waals surface area contributed by atoms with Gasteiger partial charge in [-0.1, -0.05) is 6.42 Å². The molecule has 4 N–H and O–H groups in total. The Bertz CT molecular complexity index is 361. The molecule has 0 fully saturated rings. The maximum absolute atomic E-state index is 9.48. The minimum atomic E-state index is -0.161. The quantitative estimate of drug-likeness (QED) is 0.335. The van der Waals surface area contributed by atoms with E-state index in [2.05, 4.69) is 0 Å². The highest BCUT2D eigenvalue weighted by Crippen LogP contribution is 2.38. The van der Waals surface area contributed by atoms with Gasteiger partial charge in [-0.05, 0) is 42.9 Å². The molecule has 3 heteroatoms. The molecule has 1 aliphatic carbocycles. The van der Waals surface area contributed by atoms with Gasteiger partial charge >= 0.3 is 0 Å². The minimum Gasteiger partial charge on any atom is -0.504 e. The molecule has 0 amide bonds. The minimum absolute atomic E-state index is 0.0943. The molecule has 1 aliphatic rings. The molecular weight excluding hydrogens is 178 g/mol. The van der Waals surface area contributed by atoms with Crippen molar-refractivity contribution in [3.63, 3.8) is 0 Å². The van der Waals surface area contributed by atoms with Crippen molar-refractivity contribution in [1.29, 1.82) is 0 Å². The van der Waals surface area contributed by atoms with E-state index in [-0.39, 0.29) is 11.5 Å². The van der Waals surface area contributed by atoms with E-state index in [0.717, 1.165) is 36.8 Å². The van der Waals surface area contributed by atoms with Crippen molar-refractivity contribution in [3.05, 3.63) is 17.2 Å². The summed E-state index contributed by atoms with van der Waals surface area (Å²) in [6, 6.07) is 1.65. The van der Waals surface area contributed by atoms with Gasteiger partial charge in [0.05, 0.1) is 5.69 Å². The second kappa shape index (κ2) is 3.40. The van der Waals surface area contributed by atoms with Crippen LogP contribution in [0.3, 0.4) is 0 Å². The molecule has 3 nitrogen and oxygen atoms in total. The number of aryl methyl sites for hydroxylation is 1. The van der Waals surface area contributed by atoms with Crippen LogP contribution in [-0.2, 0) is 12.8 Å². The van der Waals surface area contributed by atoms with E-state index in [9.17, 15) is 10.2 Å². The lowest BCUT2D eigenvalue weighted by Crippen LogP contribution is -1.99. The van der Waals surface area contributed by atoms with E-state index < -0.39 is 0 Å². The number of hydrogen-bond acceptors (Lipinski definition) is 3. The first kappa shape index (κ1) is 9.19. The molecule has 14 heavy (non-hydrogen) atoms. The zero-order valence-corrected chi connectivity index (χ0v) is 8.08. The van der Waals surface area contributed by atoms with Gasteiger partial charge < -0.3 is 15.9 Å². The Hall–Kier alpha value is -1.38. The standard InChI is InChI=1S/C11H15NO2/c12-10-8-5-3-1-2-4-7(8)6-9(13)11(10)14/h6,13-14H,1-5,12H2. The van der Waals surface area contributed by atoms with Crippen molar-refractivity contribution < 1.29 is 10.2 Å². The summed E-state index contributed by atoms with van der Waals surface area (Å²) in [4.78, 5) is 0. The number of phenolic OH excluding ortho intramolecular Hbond substituents is 2. The molecule has 2 rings (SSSR count). The van der Waals surface area contributed by atoms with Crippen LogP contribution in [0.15, 0.2) is 6.07 Å². The smallest absolute Gasteiger partial charge is 0.181 e. The van der Waals surface area contributed by atoms with E-state index in [1.54, 1.807) is 6.07 Å². The molecule has 0 radical (unpaired) electrons. The van der Waals surface area contributed by atoms with Crippen molar-refractivity contribution in [3.8, 4) is 11.5 Å². The number of aromatic hydroxyl groups is 2. The summed E-state index contributed by atoms with van der Waals surface area (Å²) in [6.45, 7) is 0. The average Bonchev–Trinajstić information content (AvgIpc) is 2.39. The van der Waals surface area contributed by atoms with Crippen molar-refractivity contribution in [2.75, 3.05) is 5.73 Å². The molecule has 0 heterocycles. The molecule has 0 saturated carbocycles. The van der Waals surface area contributed by atoms with Gasteiger partial charge in [-0.15, -0.1) is 0 Å². The lowest BCUT2D eigenvalue weighted by molar-refractivity contribution is 0.404. The van der Waals surface area contributed by atoms with E-state index >= 15 is 0 Å². The van der Waals surface area contributed by atoms with Gasteiger partial charge in [-0.25, -0.2) is 0 Å². The molecule has 1 aromatic rings. The van der Waals surface area contributed by atoms with Crippen LogP contribution in [-0.4, -0.2) is 10.2 Å². The maximum Gasteiger partial charge on any atom is 0.181 e. The fourth-order valence-corrected chi connectivity index (χ4v) is 2.09. The first-order chi connectivity index (χ1) is 6.70. The zero-order valence-electron chi connectivity index (χ0n) is 8.08. The van der Waals surface area contributed by atoms with Crippen molar-refractivity contribution in [2.24, 2.45) is 0 Å². The molecule has 0 unspecified atom stereocenters. The normalized spacial score (nSPS) is 16.0. The van der Waals surface area contributed by atoms with E-state index in [4.69, 9.17) is 5.73 Å². The van der Waals surface area contributed by atoms with Gasteiger partial charge in [0, 0.05) is 0 Å². The molecule has 0 bridgehead atoms. The molecule has 0 atom stereocenters. The van der Waals surface area contributed by atoms with Gasteiger partial charge in [-0.2, -0.15) is 0 Å². The topological polar surface area (TPSA) is 66.5 Å². The third-order valence-corrected chi connectivity index (χ3v) is 2.89. The number of fused-ring (bicyclic) bond motifs is 1. The van der Waals surface area contributed by atoms with Crippen LogP contribution in [0.2, 0.25) is 0 Å². The number of phenols is 2.